The van der Waals surface area contributed by atoms with Crippen molar-refractivity contribution < 1.29 is 19.6 Å². The lowest BCUT2D eigenvalue weighted by Gasteiger charge is -2.57. The van der Waals surface area contributed by atoms with Gasteiger partial charge in [-0.05, 0) is 68.1 Å². The van der Waals surface area contributed by atoms with Gasteiger partial charge in [0, 0.05) is 12.2 Å². The van der Waals surface area contributed by atoms with Crippen molar-refractivity contribution in [3.8, 4) is 0 Å². The molecule has 0 aromatic heterocycles. The Morgan fingerprint density at radius 1 is 0.900 bits per heavy atom. The van der Waals surface area contributed by atoms with E-state index in [1.54, 1.807) is 9.80 Å². The van der Waals surface area contributed by atoms with Gasteiger partial charge in [-0.2, -0.15) is 0 Å². The highest BCUT2D eigenvalue weighted by Crippen LogP contribution is 2.61. The molecule has 166 valence electrons. The van der Waals surface area contributed by atoms with Crippen LogP contribution in [-0.2, 0) is 11.3 Å². The second-order valence-electron chi connectivity index (χ2n) is 11.3. The van der Waals surface area contributed by atoms with Crippen LogP contribution >= 0.6 is 0 Å². The number of piperazine rings is 1. The monoisotopic (exact) mass is 414 g/mol. The van der Waals surface area contributed by atoms with Crippen molar-refractivity contribution in [2.24, 2.45) is 23.2 Å². The second kappa shape index (κ2) is 9.28. The standard InChI is InChI=1S/C26H40N2O2/c29-25(19-28-9-7-27(8-10-28)18-21-4-2-1-3-5-21)20-30-11-6-26-15-22-12-23(16-26)14-24(13-22)17-26/h1-5,22-25,29H,6-20H2/p+2/t22?,23?,24?,25-,26?/m1/s1. The summed E-state index contributed by atoms with van der Waals surface area (Å²) in [5.74, 6) is 3.06. The minimum Gasteiger partial charge on any atom is -0.385 e. The van der Waals surface area contributed by atoms with Crippen molar-refractivity contribution in [1.29, 1.82) is 0 Å². The number of nitrogens with one attached hydrogen (secondary N) is 2. The van der Waals surface area contributed by atoms with Crippen molar-refractivity contribution in [1.82, 2.24) is 0 Å². The summed E-state index contributed by atoms with van der Waals surface area (Å²) in [6, 6.07) is 10.8. The molecular formula is C26H42N2O2+2. The van der Waals surface area contributed by atoms with Gasteiger partial charge in [-0.1, -0.05) is 30.3 Å². The topological polar surface area (TPSA) is 38.3 Å². The number of aliphatic hydroxyl groups excluding tert-OH is 1. The van der Waals surface area contributed by atoms with Gasteiger partial charge < -0.3 is 19.6 Å². The Morgan fingerprint density at radius 2 is 1.50 bits per heavy atom. The molecule has 0 radical (unpaired) electrons. The lowest BCUT2D eigenvalue weighted by atomic mass is 9.49. The summed E-state index contributed by atoms with van der Waals surface area (Å²) in [4.78, 5) is 3.22. The molecule has 0 amide bonds. The zero-order valence-corrected chi connectivity index (χ0v) is 18.7. The summed E-state index contributed by atoms with van der Waals surface area (Å²) < 4.78 is 6.01. The van der Waals surface area contributed by atoms with Gasteiger partial charge in [-0.15, -0.1) is 0 Å². The summed E-state index contributed by atoms with van der Waals surface area (Å²) in [6.07, 6.45) is 9.86. The number of rotatable bonds is 9. The normalized spacial score (nSPS) is 38.6. The van der Waals surface area contributed by atoms with Crippen molar-refractivity contribution in [3.05, 3.63) is 35.9 Å². The van der Waals surface area contributed by atoms with Gasteiger partial charge in [-0.25, -0.2) is 0 Å². The zero-order valence-electron chi connectivity index (χ0n) is 18.7. The van der Waals surface area contributed by atoms with Crippen LogP contribution in [0, 0.1) is 23.2 Å². The number of hydrogen-bond acceptors (Lipinski definition) is 2. The summed E-state index contributed by atoms with van der Waals surface area (Å²) in [5.41, 5.74) is 2.03. The van der Waals surface area contributed by atoms with Crippen LogP contribution in [0.2, 0.25) is 0 Å². The minimum atomic E-state index is -0.313. The third kappa shape index (κ3) is 5.09. The molecule has 4 nitrogen and oxygen atoms in total. The van der Waals surface area contributed by atoms with E-state index in [4.69, 9.17) is 4.74 Å². The average molecular weight is 415 g/mol. The lowest BCUT2D eigenvalue weighted by molar-refractivity contribution is -1.02. The Bertz CT molecular complexity index is 636. The third-order valence-electron chi connectivity index (χ3n) is 8.74. The van der Waals surface area contributed by atoms with Crippen LogP contribution < -0.4 is 9.80 Å². The number of ether oxygens (including phenoxy) is 1. The van der Waals surface area contributed by atoms with E-state index in [1.165, 1.54) is 63.6 Å². The van der Waals surface area contributed by atoms with E-state index >= 15 is 0 Å². The van der Waals surface area contributed by atoms with Crippen LogP contribution in [0.3, 0.4) is 0 Å². The molecule has 1 atom stereocenters. The number of quaternary nitrogens is 2. The molecule has 1 aliphatic heterocycles. The molecule has 0 spiro atoms. The Kier molecular flexibility index (Phi) is 6.47. The highest BCUT2D eigenvalue weighted by Gasteiger charge is 2.50. The van der Waals surface area contributed by atoms with Crippen molar-refractivity contribution in [2.75, 3.05) is 45.9 Å². The van der Waals surface area contributed by atoms with Gasteiger partial charge in [0.15, 0.2) is 0 Å². The van der Waals surface area contributed by atoms with E-state index in [0.717, 1.165) is 50.5 Å². The van der Waals surface area contributed by atoms with Gasteiger partial charge >= 0.3 is 0 Å². The summed E-state index contributed by atoms with van der Waals surface area (Å²) in [5, 5.41) is 10.5. The lowest BCUT2D eigenvalue weighted by Crippen LogP contribution is -3.28. The molecule has 1 saturated heterocycles. The van der Waals surface area contributed by atoms with Gasteiger partial charge in [0.05, 0.1) is 6.61 Å². The molecule has 1 heterocycles. The van der Waals surface area contributed by atoms with Crippen LogP contribution in [0.15, 0.2) is 30.3 Å². The first-order chi connectivity index (χ1) is 14.7. The Balaban J connectivity index is 0.972. The SMILES string of the molecule is O[C@@H](COCCC12CC3CC(CC(C3)C1)C2)C[NH+]1CC[NH+](Cc2ccccc2)CC1. The molecule has 3 N–H and O–H groups in total. The van der Waals surface area contributed by atoms with E-state index in [1.807, 2.05) is 0 Å². The van der Waals surface area contributed by atoms with Gasteiger partial charge in [0.2, 0.25) is 0 Å². The Hall–Kier alpha value is -0.940. The molecule has 5 aliphatic rings. The zero-order chi connectivity index (χ0) is 20.4. The fourth-order valence-corrected chi connectivity index (χ4v) is 7.72. The molecule has 4 bridgehead atoms. The van der Waals surface area contributed by atoms with E-state index in [9.17, 15) is 5.11 Å². The second-order valence-corrected chi connectivity index (χ2v) is 11.3. The highest BCUT2D eigenvalue weighted by molar-refractivity contribution is 5.13. The quantitative estimate of drug-likeness (QED) is 0.527. The van der Waals surface area contributed by atoms with E-state index < -0.39 is 0 Å². The van der Waals surface area contributed by atoms with Gasteiger partial charge in [-0.3, -0.25) is 0 Å². The Labute approximate surface area is 182 Å². The number of aliphatic hydroxyl groups is 1. The summed E-state index contributed by atoms with van der Waals surface area (Å²) >= 11 is 0. The maximum absolute atomic E-state index is 10.5. The maximum Gasteiger partial charge on any atom is 0.127 e. The molecule has 0 unspecified atom stereocenters. The molecule has 6 rings (SSSR count). The molecule has 1 aromatic rings. The fourth-order valence-electron chi connectivity index (χ4n) is 7.72. The average Bonchev–Trinajstić information content (AvgIpc) is 2.73. The third-order valence-corrected chi connectivity index (χ3v) is 8.74. The molecule has 4 saturated carbocycles. The summed E-state index contributed by atoms with van der Waals surface area (Å²) in [6.45, 7) is 8.07. The van der Waals surface area contributed by atoms with Crippen LogP contribution in [0.5, 0.6) is 0 Å². The fraction of sp³-hybridized carbons (Fsp3) is 0.769. The first-order valence-corrected chi connectivity index (χ1v) is 12.6. The van der Waals surface area contributed by atoms with Crippen LogP contribution in [-0.4, -0.2) is 57.1 Å². The predicted molar refractivity (Wildman–Crippen MR) is 118 cm³/mol. The van der Waals surface area contributed by atoms with Crippen molar-refractivity contribution in [3.63, 3.8) is 0 Å². The Morgan fingerprint density at radius 3 is 2.13 bits per heavy atom. The van der Waals surface area contributed by atoms with Crippen LogP contribution in [0.25, 0.3) is 0 Å². The smallest absolute Gasteiger partial charge is 0.127 e. The maximum atomic E-state index is 10.5. The van der Waals surface area contributed by atoms with E-state index in [0.29, 0.717) is 12.0 Å². The summed E-state index contributed by atoms with van der Waals surface area (Å²) in [7, 11) is 0. The molecule has 30 heavy (non-hydrogen) atoms. The van der Waals surface area contributed by atoms with Crippen LogP contribution in [0.4, 0.5) is 0 Å². The molecular weight excluding hydrogens is 372 g/mol. The van der Waals surface area contributed by atoms with E-state index in [2.05, 4.69) is 30.3 Å². The van der Waals surface area contributed by atoms with Gasteiger partial charge in [0.1, 0.15) is 45.4 Å². The number of hydrogen-bond donors (Lipinski definition) is 3. The number of benzene rings is 1. The van der Waals surface area contributed by atoms with Crippen LogP contribution in [0.1, 0.15) is 50.5 Å². The largest absolute Gasteiger partial charge is 0.385 e. The molecule has 4 heteroatoms. The predicted octanol–water partition coefficient (Wildman–Crippen LogP) is 0.954. The molecule has 5 fully saturated rings. The first kappa shape index (κ1) is 20.9. The minimum absolute atomic E-state index is 0.313. The first-order valence-electron chi connectivity index (χ1n) is 12.6. The molecule has 4 aliphatic carbocycles. The van der Waals surface area contributed by atoms with Crippen molar-refractivity contribution in [2.45, 2.75) is 57.6 Å². The van der Waals surface area contributed by atoms with Gasteiger partial charge in [0.25, 0.3) is 0 Å². The van der Waals surface area contributed by atoms with E-state index in [-0.39, 0.29) is 6.10 Å². The van der Waals surface area contributed by atoms with Crippen molar-refractivity contribution >= 4 is 0 Å². The highest BCUT2D eigenvalue weighted by atomic mass is 16.5. The molecule has 1 aromatic carbocycles.